The van der Waals surface area contributed by atoms with Gasteiger partial charge in [0.05, 0.1) is 0 Å². The third-order valence-electron chi connectivity index (χ3n) is 6.19. The molecule has 1 aromatic carbocycles. The van der Waals surface area contributed by atoms with Gasteiger partial charge >= 0.3 is 0 Å². The molecule has 0 bridgehead atoms. The van der Waals surface area contributed by atoms with Crippen molar-refractivity contribution in [1.29, 1.82) is 0 Å². The number of hydrogen-bond donors (Lipinski definition) is 1. The number of carbonyl (C=O) groups is 2. The highest BCUT2D eigenvalue weighted by atomic mass is 16.2. The van der Waals surface area contributed by atoms with Crippen molar-refractivity contribution in [2.45, 2.75) is 46.5 Å². The Morgan fingerprint density at radius 2 is 1.41 bits per heavy atom. The van der Waals surface area contributed by atoms with Gasteiger partial charge in [-0.25, -0.2) is 0 Å². The van der Waals surface area contributed by atoms with Crippen molar-refractivity contribution in [2.75, 3.05) is 38.5 Å². The van der Waals surface area contributed by atoms with Crippen LogP contribution in [0.1, 0.15) is 42.4 Å². The maximum absolute atomic E-state index is 12.8. The summed E-state index contributed by atoms with van der Waals surface area (Å²) in [6.45, 7) is 9.74. The van der Waals surface area contributed by atoms with Gasteiger partial charge in [-0.3, -0.25) is 9.59 Å². The molecule has 0 aromatic heterocycles. The Kier molecular flexibility index (Phi) is 6.20. The van der Waals surface area contributed by atoms with Crippen molar-refractivity contribution in [2.24, 2.45) is 11.8 Å². The second kappa shape index (κ2) is 8.42. The summed E-state index contributed by atoms with van der Waals surface area (Å²) in [4.78, 5) is 29.8. The fourth-order valence-corrected chi connectivity index (χ4v) is 4.49. The Bertz CT molecular complexity index is 677. The van der Waals surface area contributed by atoms with Gasteiger partial charge in [-0.1, -0.05) is 17.7 Å². The fourth-order valence-electron chi connectivity index (χ4n) is 4.49. The van der Waals surface area contributed by atoms with Crippen molar-refractivity contribution < 1.29 is 9.59 Å². The molecule has 1 saturated heterocycles. The van der Waals surface area contributed by atoms with Crippen molar-refractivity contribution in [3.63, 3.8) is 0 Å². The Labute approximate surface area is 163 Å². The lowest BCUT2D eigenvalue weighted by atomic mass is 9.80. The molecule has 1 aromatic rings. The van der Waals surface area contributed by atoms with Crippen LogP contribution in [0.4, 0.5) is 5.69 Å². The zero-order valence-corrected chi connectivity index (χ0v) is 17.2. The van der Waals surface area contributed by atoms with Crippen LogP contribution in [0.3, 0.4) is 0 Å². The minimum atomic E-state index is 0.0154. The van der Waals surface area contributed by atoms with Crippen molar-refractivity contribution in [1.82, 2.24) is 9.80 Å². The molecule has 0 unspecified atom stereocenters. The summed E-state index contributed by atoms with van der Waals surface area (Å²) < 4.78 is 0. The number of likely N-dealkylation sites (N-methyl/N-ethyl adjacent to an activating group) is 1. The molecular formula is C22H33N3O2. The zero-order valence-electron chi connectivity index (χ0n) is 17.2. The molecule has 1 aliphatic heterocycles. The summed E-state index contributed by atoms with van der Waals surface area (Å²) >= 11 is 0. The topological polar surface area (TPSA) is 52.7 Å². The lowest BCUT2D eigenvalue weighted by Crippen LogP contribution is -2.49. The third kappa shape index (κ3) is 4.70. The fraction of sp³-hybridized carbons (Fsp3) is 0.636. The van der Waals surface area contributed by atoms with Crippen molar-refractivity contribution in [3.8, 4) is 0 Å². The number of amides is 2. The number of anilines is 1. The smallest absolute Gasteiger partial charge is 0.227 e. The summed E-state index contributed by atoms with van der Waals surface area (Å²) in [5, 5.41) is 3.15. The number of rotatable bonds is 3. The van der Waals surface area contributed by atoms with Gasteiger partial charge in [0.1, 0.15) is 0 Å². The molecule has 2 aliphatic rings. The molecule has 0 atom stereocenters. The van der Waals surface area contributed by atoms with E-state index in [1.807, 2.05) is 18.7 Å². The molecule has 0 spiro atoms. The van der Waals surface area contributed by atoms with Crippen LogP contribution in [-0.4, -0.2) is 54.8 Å². The SMILES string of the molecule is Cc1cc(C)c(NC(=O)C2CCC(C(=O)N3CCN(C)CC3)CC2)c(C)c1. The van der Waals surface area contributed by atoms with Crippen LogP contribution in [0.25, 0.3) is 0 Å². The molecule has 0 radical (unpaired) electrons. The van der Waals surface area contributed by atoms with Gasteiger partial charge in [-0.2, -0.15) is 0 Å². The highest BCUT2D eigenvalue weighted by Gasteiger charge is 2.33. The predicted molar refractivity (Wildman–Crippen MR) is 109 cm³/mol. The molecule has 1 aliphatic carbocycles. The second-order valence-corrected chi connectivity index (χ2v) is 8.44. The highest BCUT2D eigenvalue weighted by Crippen LogP contribution is 2.32. The van der Waals surface area contributed by atoms with E-state index in [0.29, 0.717) is 5.91 Å². The number of benzene rings is 1. The standard InChI is InChI=1S/C22H33N3O2/c1-15-13-16(2)20(17(3)14-15)23-21(26)18-5-7-19(8-6-18)22(27)25-11-9-24(4)10-12-25/h13-14,18-19H,5-12H2,1-4H3,(H,23,26). The predicted octanol–water partition coefficient (Wildman–Crippen LogP) is 3.13. The average molecular weight is 372 g/mol. The number of hydrogen-bond acceptors (Lipinski definition) is 3. The normalized spacial score (nSPS) is 23.9. The molecule has 1 saturated carbocycles. The summed E-state index contributed by atoms with van der Waals surface area (Å²) in [5.74, 6) is 0.518. The number of nitrogens with zero attached hydrogens (tertiary/aromatic N) is 2. The lowest BCUT2D eigenvalue weighted by Gasteiger charge is -2.36. The van der Waals surface area contributed by atoms with Gasteiger partial charge in [0.2, 0.25) is 11.8 Å². The van der Waals surface area contributed by atoms with E-state index in [0.717, 1.165) is 68.7 Å². The van der Waals surface area contributed by atoms with Gasteiger partial charge in [0.25, 0.3) is 0 Å². The number of nitrogens with one attached hydrogen (secondary N) is 1. The van der Waals surface area contributed by atoms with E-state index in [-0.39, 0.29) is 17.7 Å². The summed E-state index contributed by atoms with van der Waals surface area (Å²) in [7, 11) is 2.10. The van der Waals surface area contributed by atoms with E-state index in [1.165, 1.54) is 5.56 Å². The van der Waals surface area contributed by atoms with Gasteiger partial charge in [-0.05, 0) is 64.6 Å². The van der Waals surface area contributed by atoms with E-state index in [9.17, 15) is 9.59 Å². The molecule has 27 heavy (non-hydrogen) atoms. The maximum atomic E-state index is 12.8. The molecular weight excluding hydrogens is 338 g/mol. The molecule has 5 nitrogen and oxygen atoms in total. The first-order chi connectivity index (χ1) is 12.8. The Morgan fingerprint density at radius 1 is 0.889 bits per heavy atom. The first-order valence-corrected chi connectivity index (χ1v) is 10.2. The van der Waals surface area contributed by atoms with Crippen LogP contribution in [0.5, 0.6) is 0 Å². The van der Waals surface area contributed by atoms with E-state index in [1.54, 1.807) is 0 Å². The van der Waals surface area contributed by atoms with Crippen LogP contribution in [-0.2, 0) is 9.59 Å². The van der Waals surface area contributed by atoms with Gasteiger partial charge in [-0.15, -0.1) is 0 Å². The first kappa shape index (κ1) is 19.9. The minimum Gasteiger partial charge on any atom is -0.340 e. The van der Waals surface area contributed by atoms with Crippen molar-refractivity contribution >= 4 is 17.5 Å². The molecule has 148 valence electrons. The van der Waals surface area contributed by atoms with Crippen LogP contribution in [0, 0.1) is 32.6 Å². The van der Waals surface area contributed by atoms with E-state index >= 15 is 0 Å². The number of piperazine rings is 1. The molecule has 2 amide bonds. The molecule has 1 heterocycles. The van der Waals surface area contributed by atoms with Crippen LogP contribution in [0.15, 0.2) is 12.1 Å². The molecule has 5 heteroatoms. The average Bonchev–Trinajstić information content (AvgIpc) is 2.64. The number of carbonyl (C=O) groups excluding carboxylic acids is 2. The lowest BCUT2D eigenvalue weighted by molar-refractivity contribution is -0.139. The molecule has 1 N–H and O–H groups in total. The van der Waals surface area contributed by atoms with Crippen LogP contribution in [0.2, 0.25) is 0 Å². The summed E-state index contributed by atoms with van der Waals surface area (Å²) in [6.07, 6.45) is 3.27. The summed E-state index contributed by atoms with van der Waals surface area (Å²) in [5.41, 5.74) is 4.38. The minimum absolute atomic E-state index is 0.0154. The van der Waals surface area contributed by atoms with Gasteiger partial charge in [0, 0.05) is 43.7 Å². The largest absolute Gasteiger partial charge is 0.340 e. The number of aryl methyl sites for hydroxylation is 3. The maximum Gasteiger partial charge on any atom is 0.227 e. The van der Waals surface area contributed by atoms with E-state index in [2.05, 4.69) is 36.3 Å². The Hall–Kier alpha value is -1.88. The van der Waals surface area contributed by atoms with Gasteiger partial charge < -0.3 is 15.1 Å². The molecule has 3 rings (SSSR count). The molecule has 2 fully saturated rings. The summed E-state index contributed by atoms with van der Waals surface area (Å²) in [6, 6.07) is 4.21. The monoisotopic (exact) mass is 371 g/mol. The zero-order chi connectivity index (χ0) is 19.6. The Balaban J connectivity index is 1.53. The van der Waals surface area contributed by atoms with Gasteiger partial charge in [0.15, 0.2) is 0 Å². The Morgan fingerprint density at radius 3 is 1.96 bits per heavy atom. The second-order valence-electron chi connectivity index (χ2n) is 8.44. The van der Waals surface area contributed by atoms with Crippen molar-refractivity contribution in [3.05, 3.63) is 28.8 Å². The van der Waals surface area contributed by atoms with E-state index < -0.39 is 0 Å². The first-order valence-electron chi connectivity index (χ1n) is 10.2. The third-order valence-corrected chi connectivity index (χ3v) is 6.19. The van der Waals surface area contributed by atoms with E-state index in [4.69, 9.17) is 0 Å². The van der Waals surface area contributed by atoms with Crippen LogP contribution < -0.4 is 5.32 Å². The van der Waals surface area contributed by atoms with Crippen LogP contribution >= 0.6 is 0 Å². The highest BCUT2D eigenvalue weighted by molar-refractivity contribution is 5.94. The quantitative estimate of drug-likeness (QED) is 0.888.